The van der Waals surface area contributed by atoms with Gasteiger partial charge in [-0.05, 0) is 80.8 Å². The Labute approximate surface area is 468 Å². The van der Waals surface area contributed by atoms with E-state index in [1.165, 1.54) is 0 Å². The number of hydrogen-bond acceptors (Lipinski definition) is 14. The molecule has 0 fully saturated rings. The third kappa shape index (κ3) is 14.0. The van der Waals surface area contributed by atoms with Crippen molar-refractivity contribution in [2.75, 3.05) is 52.9 Å². The molecule has 404 valence electrons. The van der Waals surface area contributed by atoms with E-state index in [4.69, 9.17) is 73.1 Å². The number of esters is 4. The van der Waals surface area contributed by atoms with Gasteiger partial charge in [-0.25, -0.2) is 19.2 Å². The number of terminal acetylenes is 4. The number of carbonyl (C=O) groups excluding carboxylic acids is 4. The summed E-state index contributed by atoms with van der Waals surface area (Å²) < 4.78 is 59.1. The Bertz CT molecular complexity index is 3610. The summed E-state index contributed by atoms with van der Waals surface area (Å²) in [6.07, 6.45) is 21.9. The molecule has 0 saturated carbocycles. The van der Waals surface area contributed by atoms with E-state index in [1.807, 2.05) is 60.7 Å². The lowest BCUT2D eigenvalue weighted by Gasteiger charge is -2.22. The van der Waals surface area contributed by atoms with Gasteiger partial charge in [-0.3, -0.25) is 0 Å². The van der Waals surface area contributed by atoms with Crippen molar-refractivity contribution in [3.63, 3.8) is 0 Å². The Hall–Kier alpha value is -10.8. The normalized spacial score (nSPS) is 11.3. The van der Waals surface area contributed by atoms with Crippen LogP contribution in [-0.4, -0.2) is 88.9 Å². The second kappa shape index (κ2) is 27.5. The van der Waals surface area contributed by atoms with Crippen LogP contribution in [0.25, 0.3) is 43.1 Å². The summed E-state index contributed by atoms with van der Waals surface area (Å²) in [5.41, 5.74) is 1.58. The van der Waals surface area contributed by atoms with Crippen LogP contribution in [0.2, 0.25) is 0 Å². The zero-order valence-electron chi connectivity index (χ0n) is 43.8. The molecule has 0 heterocycles. The number of ether oxygens (including phenoxy) is 10. The highest BCUT2D eigenvalue weighted by molar-refractivity contribution is 6.02. The van der Waals surface area contributed by atoms with Crippen LogP contribution in [-0.2, 0) is 35.0 Å². The SMILES string of the molecule is C#CCOc1cc2c(OCC#C)cccc2cc1C(=O)OCC(COc1ccc2ccccc2c1Cc1c(OCC(COC(=O)c2cc3cccc(OCC#C)c3cc2OCC#C)OC(=O)C=C)ccc2ccccc12)OC(=O)C=C. The maximum Gasteiger partial charge on any atom is 0.342 e. The molecule has 8 aromatic carbocycles. The molecule has 8 aromatic rings. The molecule has 81 heavy (non-hydrogen) atoms. The lowest BCUT2D eigenvalue weighted by Crippen LogP contribution is -2.31. The number of rotatable bonds is 26. The highest BCUT2D eigenvalue weighted by Crippen LogP contribution is 2.38. The van der Waals surface area contributed by atoms with Crippen LogP contribution in [0.3, 0.4) is 0 Å². The van der Waals surface area contributed by atoms with Crippen molar-refractivity contribution in [1.82, 2.24) is 0 Å². The fourth-order valence-electron chi connectivity index (χ4n) is 8.80. The molecular weight excluding hydrogens is 1030 g/mol. The zero-order chi connectivity index (χ0) is 57.1. The monoisotopic (exact) mass is 1080 g/mol. The van der Waals surface area contributed by atoms with Gasteiger partial charge >= 0.3 is 23.9 Å². The van der Waals surface area contributed by atoms with Crippen LogP contribution in [0.15, 0.2) is 159 Å². The molecule has 0 amide bonds. The molecular formula is C67H52O14. The Morgan fingerprint density at radius 2 is 0.790 bits per heavy atom. The quantitative estimate of drug-likeness (QED) is 0.0218. The molecule has 2 atom stereocenters. The summed E-state index contributed by atoms with van der Waals surface area (Å²) >= 11 is 0. The standard InChI is InChI=1S/C67H52O14/c1-7-31-72-58-25-17-21-46-35-56(62(38-52(46)58)74-33-9-3)66(70)78-42-48(80-64(68)11-5)40-76-60-29-27-44-19-13-15-23-50(44)54(60)37-55-51-24-16-14-20-45(51)28-30-61(55)77-41-49(81-65(69)12-6)43-79-67(71)57-36-47-22-18-26-59(73-32-8-2)53(47)39-63(57)75-34-10-4/h1-4,11-30,35-36,38-39,48-49H,5-6,31-34,37,40-43H2. The van der Waals surface area contributed by atoms with Gasteiger partial charge in [0.15, 0.2) is 12.2 Å². The molecule has 0 aliphatic carbocycles. The Balaban J connectivity index is 1.05. The molecule has 0 bridgehead atoms. The van der Waals surface area contributed by atoms with Crippen molar-refractivity contribution in [3.05, 3.63) is 181 Å². The van der Waals surface area contributed by atoms with Crippen LogP contribution in [0.1, 0.15) is 31.8 Å². The lowest BCUT2D eigenvalue weighted by atomic mass is 9.93. The average molecular weight is 1080 g/mol. The maximum atomic E-state index is 13.9. The van der Waals surface area contributed by atoms with Gasteiger partial charge in [0.25, 0.3) is 0 Å². The second-order valence-electron chi connectivity index (χ2n) is 17.7. The Kier molecular flexibility index (Phi) is 19.1. The van der Waals surface area contributed by atoms with Crippen LogP contribution in [0, 0.1) is 49.4 Å². The minimum atomic E-state index is -1.13. The number of benzene rings is 8. The lowest BCUT2D eigenvalue weighted by molar-refractivity contribution is -0.147. The van der Waals surface area contributed by atoms with Crippen molar-refractivity contribution >= 4 is 67.0 Å². The van der Waals surface area contributed by atoms with Gasteiger partial charge in [-0.2, -0.15) is 0 Å². The van der Waals surface area contributed by atoms with Crippen molar-refractivity contribution in [1.29, 1.82) is 0 Å². The van der Waals surface area contributed by atoms with E-state index in [0.717, 1.165) is 44.8 Å². The minimum Gasteiger partial charge on any atom is -0.489 e. The minimum absolute atomic E-state index is 0.0188. The van der Waals surface area contributed by atoms with E-state index < -0.39 is 49.3 Å². The molecule has 0 aromatic heterocycles. The highest BCUT2D eigenvalue weighted by atomic mass is 16.6. The van der Waals surface area contributed by atoms with Crippen molar-refractivity contribution < 1.29 is 66.5 Å². The first-order valence-corrected chi connectivity index (χ1v) is 25.2. The summed E-state index contributed by atoms with van der Waals surface area (Å²) in [6.45, 7) is 5.44. The zero-order valence-corrected chi connectivity index (χ0v) is 43.8. The molecule has 0 N–H and O–H groups in total. The molecule has 14 nitrogen and oxygen atoms in total. The summed E-state index contributed by atoms with van der Waals surface area (Å²) in [6, 6.07) is 39.8. The predicted octanol–water partition coefficient (Wildman–Crippen LogP) is 10.6. The second-order valence-corrected chi connectivity index (χ2v) is 17.7. The van der Waals surface area contributed by atoms with Gasteiger partial charge in [0, 0.05) is 40.5 Å². The first-order chi connectivity index (χ1) is 39.5. The van der Waals surface area contributed by atoms with Crippen molar-refractivity contribution in [3.8, 4) is 83.9 Å². The molecule has 2 unspecified atom stereocenters. The Morgan fingerprint density at radius 1 is 0.407 bits per heavy atom. The predicted molar refractivity (Wildman–Crippen MR) is 308 cm³/mol. The first kappa shape index (κ1) is 56.4. The van der Waals surface area contributed by atoms with E-state index >= 15 is 0 Å². The van der Waals surface area contributed by atoms with Crippen LogP contribution in [0.4, 0.5) is 0 Å². The van der Waals surface area contributed by atoms with E-state index in [1.54, 1.807) is 72.8 Å². The van der Waals surface area contributed by atoms with E-state index in [0.29, 0.717) is 44.5 Å². The van der Waals surface area contributed by atoms with Gasteiger partial charge in [0.2, 0.25) is 0 Å². The smallest absolute Gasteiger partial charge is 0.342 e. The van der Waals surface area contributed by atoms with E-state index in [-0.39, 0.29) is 68.7 Å². The fraction of sp³-hybridized carbons (Fsp3) is 0.164. The molecule has 8 rings (SSSR count). The summed E-state index contributed by atoms with van der Waals surface area (Å²) in [7, 11) is 0. The van der Waals surface area contributed by atoms with Crippen LogP contribution in [0.5, 0.6) is 34.5 Å². The van der Waals surface area contributed by atoms with Gasteiger partial charge in [0.1, 0.15) is 98.5 Å². The average Bonchev–Trinajstić information content (AvgIpc) is 3.54. The van der Waals surface area contributed by atoms with Gasteiger partial charge in [0.05, 0.1) is 0 Å². The third-order valence-electron chi connectivity index (χ3n) is 12.5. The molecule has 0 radical (unpaired) electrons. The van der Waals surface area contributed by atoms with E-state index in [9.17, 15) is 19.2 Å². The number of fused-ring (bicyclic) bond motifs is 4. The van der Waals surface area contributed by atoms with Crippen LogP contribution >= 0.6 is 0 Å². The highest BCUT2D eigenvalue weighted by Gasteiger charge is 2.26. The van der Waals surface area contributed by atoms with Gasteiger partial charge in [-0.1, -0.05) is 122 Å². The van der Waals surface area contributed by atoms with Gasteiger partial charge in [-0.15, -0.1) is 25.7 Å². The molecule has 0 aliphatic heterocycles. The molecule has 14 heteroatoms. The van der Waals surface area contributed by atoms with Crippen molar-refractivity contribution in [2.24, 2.45) is 0 Å². The van der Waals surface area contributed by atoms with E-state index in [2.05, 4.69) is 36.8 Å². The Morgan fingerprint density at radius 3 is 1.19 bits per heavy atom. The molecule has 0 spiro atoms. The van der Waals surface area contributed by atoms with Gasteiger partial charge < -0.3 is 47.4 Å². The first-order valence-electron chi connectivity index (χ1n) is 25.2. The summed E-state index contributed by atoms with van der Waals surface area (Å²) in [5.74, 6) is 8.61. The fourth-order valence-corrected chi connectivity index (χ4v) is 8.80. The topological polar surface area (TPSA) is 161 Å². The van der Waals surface area contributed by atoms with Crippen LogP contribution < -0.4 is 28.4 Å². The van der Waals surface area contributed by atoms with Crippen molar-refractivity contribution in [2.45, 2.75) is 18.6 Å². The summed E-state index contributed by atoms with van der Waals surface area (Å²) in [5, 5.41) is 5.97. The molecule has 0 aliphatic rings. The summed E-state index contributed by atoms with van der Waals surface area (Å²) in [4.78, 5) is 53.4. The molecule has 0 saturated heterocycles. The maximum absolute atomic E-state index is 13.9. The third-order valence-corrected chi connectivity index (χ3v) is 12.5. The largest absolute Gasteiger partial charge is 0.489 e. The number of hydrogen-bond donors (Lipinski definition) is 0. The number of carbonyl (C=O) groups is 4.